The lowest BCUT2D eigenvalue weighted by atomic mass is 9.84. The summed E-state index contributed by atoms with van der Waals surface area (Å²) in [5.41, 5.74) is -0.321. The molecule has 1 rings (SSSR count). The van der Waals surface area contributed by atoms with Crippen molar-refractivity contribution in [3.05, 3.63) is 0 Å². The zero-order chi connectivity index (χ0) is 12.9. The minimum absolute atomic E-state index is 0.0994. The molecule has 100 valence electrons. The minimum Gasteiger partial charge on any atom is -0.459 e. The van der Waals surface area contributed by atoms with Crippen molar-refractivity contribution in [3.8, 4) is 0 Å². The van der Waals surface area contributed by atoms with Crippen LogP contribution in [-0.4, -0.2) is 24.3 Å². The fraction of sp³-hybridized carbons (Fsp3) is 0.929. The van der Waals surface area contributed by atoms with Crippen molar-refractivity contribution in [2.75, 3.05) is 6.61 Å². The quantitative estimate of drug-likeness (QED) is 0.694. The number of hydrogen-bond acceptors (Lipinski definition) is 3. The summed E-state index contributed by atoms with van der Waals surface area (Å²) < 4.78 is 11.4. The average molecular weight is 242 g/mol. The van der Waals surface area contributed by atoms with Gasteiger partial charge < -0.3 is 9.47 Å². The molecule has 0 aliphatic carbocycles. The Morgan fingerprint density at radius 1 is 1.41 bits per heavy atom. The summed E-state index contributed by atoms with van der Waals surface area (Å²) in [4.78, 5) is 11.4. The van der Waals surface area contributed by atoms with Crippen LogP contribution in [0.15, 0.2) is 0 Å². The summed E-state index contributed by atoms with van der Waals surface area (Å²) in [7, 11) is 0. The third-order valence-corrected chi connectivity index (χ3v) is 3.82. The van der Waals surface area contributed by atoms with E-state index in [-0.39, 0.29) is 17.7 Å². The molecule has 1 aliphatic heterocycles. The molecule has 2 unspecified atom stereocenters. The molecular formula is C14H26O3. The average Bonchev–Trinajstić information content (AvgIpc) is 2.30. The van der Waals surface area contributed by atoms with Crippen molar-refractivity contribution in [3.63, 3.8) is 0 Å². The number of hydrogen-bond donors (Lipinski definition) is 0. The molecule has 0 saturated carbocycles. The van der Waals surface area contributed by atoms with E-state index in [0.717, 1.165) is 25.7 Å². The second kappa shape index (κ2) is 6.39. The van der Waals surface area contributed by atoms with Crippen LogP contribution in [-0.2, 0) is 14.3 Å². The molecular weight excluding hydrogens is 216 g/mol. The first-order valence-electron chi connectivity index (χ1n) is 6.88. The van der Waals surface area contributed by atoms with Gasteiger partial charge in [-0.3, -0.25) is 4.79 Å². The molecule has 1 fully saturated rings. The minimum atomic E-state index is -0.321. The van der Waals surface area contributed by atoms with Gasteiger partial charge in [-0.15, -0.1) is 0 Å². The van der Waals surface area contributed by atoms with E-state index >= 15 is 0 Å². The number of ether oxygens (including phenoxy) is 2. The predicted octanol–water partition coefficient (Wildman–Crippen LogP) is 3.31. The van der Waals surface area contributed by atoms with E-state index in [0.29, 0.717) is 18.9 Å². The highest BCUT2D eigenvalue weighted by Crippen LogP contribution is 2.33. The molecule has 0 amide bonds. The highest BCUT2D eigenvalue weighted by Gasteiger charge is 2.38. The molecule has 0 bridgehead atoms. The largest absolute Gasteiger partial charge is 0.459 e. The first kappa shape index (κ1) is 14.5. The highest BCUT2D eigenvalue weighted by atomic mass is 16.6. The Hall–Kier alpha value is -0.570. The van der Waals surface area contributed by atoms with E-state index < -0.39 is 0 Å². The Balaban J connectivity index is 2.60. The zero-order valence-corrected chi connectivity index (χ0v) is 11.6. The Labute approximate surface area is 105 Å². The van der Waals surface area contributed by atoms with Crippen molar-refractivity contribution in [2.24, 2.45) is 5.92 Å². The summed E-state index contributed by atoms with van der Waals surface area (Å²) in [6, 6.07) is 0. The van der Waals surface area contributed by atoms with Crippen molar-refractivity contribution in [2.45, 2.75) is 71.5 Å². The maximum absolute atomic E-state index is 11.4. The van der Waals surface area contributed by atoms with E-state index in [9.17, 15) is 4.79 Å². The topological polar surface area (TPSA) is 35.5 Å². The highest BCUT2D eigenvalue weighted by molar-refractivity contribution is 5.69. The van der Waals surface area contributed by atoms with Crippen molar-refractivity contribution in [1.82, 2.24) is 0 Å². The van der Waals surface area contributed by atoms with Crippen LogP contribution in [0.2, 0.25) is 0 Å². The first-order valence-corrected chi connectivity index (χ1v) is 6.88. The van der Waals surface area contributed by atoms with Gasteiger partial charge >= 0.3 is 5.97 Å². The molecule has 0 spiro atoms. The van der Waals surface area contributed by atoms with Gasteiger partial charge in [0.05, 0.1) is 12.7 Å². The lowest BCUT2D eigenvalue weighted by Crippen LogP contribution is -2.44. The van der Waals surface area contributed by atoms with E-state index in [1.165, 1.54) is 0 Å². The molecule has 0 aromatic rings. The van der Waals surface area contributed by atoms with Gasteiger partial charge in [0.2, 0.25) is 0 Å². The Morgan fingerprint density at radius 2 is 2.06 bits per heavy atom. The fourth-order valence-electron chi connectivity index (χ4n) is 2.57. The smallest absolute Gasteiger partial charge is 0.306 e. The standard InChI is InChI=1S/C14H26O3/c1-5-11(6-2)12-10-14(4,8-9-16-12)17-13(15)7-3/h11-12H,5-10H2,1-4H3. The first-order chi connectivity index (χ1) is 8.04. The summed E-state index contributed by atoms with van der Waals surface area (Å²) in [6.45, 7) is 8.97. The molecule has 3 heteroatoms. The molecule has 0 aromatic heterocycles. The van der Waals surface area contributed by atoms with Crippen LogP contribution in [0, 0.1) is 5.92 Å². The molecule has 3 nitrogen and oxygen atoms in total. The van der Waals surface area contributed by atoms with E-state index in [1.807, 2.05) is 13.8 Å². The molecule has 1 heterocycles. The van der Waals surface area contributed by atoms with Gasteiger partial charge in [-0.1, -0.05) is 33.6 Å². The normalized spacial score (nSPS) is 29.4. The number of carbonyl (C=O) groups is 1. The van der Waals surface area contributed by atoms with Crippen LogP contribution in [0.1, 0.15) is 59.8 Å². The van der Waals surface area contributed by atoms with Crippen molar-refractivity contribution < 1.29 is 14.3 Å². The van der Waals surface area contributed by atoms with Crippen molar-refractivity contribution >= 4 is 5.97 Å². The van der Waals surface area contributed by atoms with Crippen LogP contribution in [0.3, 0.4) is 0 Å². The second-order valence-corrected chi connectivity index (χ2v) is 5.22. The van der Waals surface area contributed by atoms with Gasteiger partial charge in [-0.2, -0.15) is 0 Å². The van der Waals surface area contributed by atoms with Crippen molar-refractivity contribution in [1.29, 1.82) is 0 Å². The van der Waals surface area contributed by atoms with E-state index in [2.05, 4.69) is 13.8 Å². The lowest BCUT2D eigenvalue weighted by Gasteiger charge is -2.40. The number of carbonyl (C=O) groups excluding carboxylic acids is 1. The Bertz CT molecular complexity index is 248. The van der Waals surface area contributed by atoms with Gasteiger partial charge in [0.15, 0.2) is 0 Å². The monoisotopic (exact) mass is 242 g/mol. The lowest BCUT2D eigenvalue weighted by molar-refractivity contribution is -0.175. The van der Waals surface area contributed by atoms with Gasteiger partial charge in [0, 0.05) is 19.3 Å². The van der Waals surface area contributed by atoms with Gasteiger partial charge in [0.25, 0.3) is 0 Å². The molecule has 0 N–H and O–H groups in total. The van der Waals surface area contributed by atoms with Crippen LogP contribution in [0.5, 0.6) is 0 Å². The molecule has 1 aliphatic rings. The third kappa shape index (κ3) is 3.98. The zero-order valence-electron chi connectivity index (χ0n) is 11.6. The van der Waals surface area contributed by atoms with Crippen LogP contribution >= 0.6 is 0 Å². The summed E-state index contributed by atoms with van der Waals surface area (Å²) in [5, 5.41) is 0. The number of rotatable bonds is 5. The summed E-state index contributed by atoms with van der Waals surface area (Å²) >= 11 is 0. The Kier molecular flexibility index (Phi) is 5.44. The van der Waals surface area contributed by atoms with Gasteiger partial charge in [0.1, 0.15) is 5.60 Å². The third-order valence-electron chi connectivity index (χ3n) is 3.82. The summed E-state index contributed by atoms with van der Waals surface area (Å²) in [5.74, 6) is 0.479. The molecule has 0 aromatic carbocycles. The molecule has 2 atom stereocenters. The fourth-order valence-corrected chi connectivity index (χ4v) is 2.57. The van der Waals surface area contributed by atoms with Gasteiger partial charge in [-0.05, 0) is 12.8 Å². The van der Waals surface area contributed by atoms with Crippen LogP contribution < -0.4 is 0 Å². The van der Waals surface area contributed by atoms with E-state index in [1.54, 1.807) is 0 Å². The molecule has 1 saturated heterocycles. The number of esters is 1. The molecule has 17 heavy (non-hydrogen) atoms. The van der Waals surface area contributed by atoms with E-state index in [4.69, 9.17) is 9.47 Å². The molecule has 0 radical (unpaired) electrons. The van der Waals surface area contributed by atoms with Crippen LogP contribution in [0.25, 0.3) is 0 Å². The van der Waals surface area contributed by atoms with Gasteiger partial charge in [-0.25, -0.2) is 0 Å². The maximum Gasteiger partial charge on any atom is 0.306 e. The Morgan fingerprint density at radius 3 is 2.59 bits per heavy atom. The maximum atomic E-state index is 11.4. The SMILES string of the molecule is CCC(=O)OC1(C)CCOC(C(CC)CC)C1. The predicted molar refractivity (Wildman–Crippen MR) is 67.8 cm³/mol. The summed E-state index contributed by atoms with van der Waals surface area (Å²) in [6.07, 6.45) is 4.60. The second-order valence-electron chi connectivity index (χ2n) is 5.22. The van der Waals surface area contributed by atoms with Crippen LogP contribution in [0.4, 0.5) is 0 Å².